The molecule has 1 N–H and O–H groups in total. The van der Waals surface area contributed by atoms with Gasteiger partial charge in [0.1, 0.15) is 0 Å². The van der Waals surface area contributed by atoms with E-state index in [1.54, 1.807) is 11.8 Å². The fraction of sp³-hybridized carbons (Fsp3) is 0.538. The van der Waals surface area contributed by atoms with Gasteiger partial charge in [0.05, 0.1) is 6.10 Å². The van der Waals surface area contributed by atoms with Crippen molar-refractivity contribution in [3.63, 3.8) is 0 Å². The Balaban J connectivity index is 1.75. The molecule has 0 bridgehead atoms. The molecular formula is C13H19NOS. The summed E-state index contributed by atoms with van der Waals surface area (Å²) in [6.07, 6.45) is 6.16. The first-order valence-electron chi connectivity index (χ1n) is 5.88. The molecule has 0 saturated carbocycles. The van der Waals surface area contributed by atoms with Gasteiger partial charge in [-0.2, -0.15) is 0 Å². The van der Waals surface area contributed by atoms with Crippen molar-refractivity contribution in [2.75, 3.05) is 24.7 Å². The Morgan fingerprint density at radius 1 is 1.50 bits per heavy atom. The maximum Gasteiger partial charge on any atom is 0.0592 e. The maximum absolute atomic E-state index is 5.59. The Kier molecular flexibility index (Phi) is 4.55. The number of hydrogen-bond acceptors (Lipinski definition) is 3. The van der Waals surface area contributed by atoms with Gasteiger partial charge < -0.3 is 10.1 Å². The van der Waals surface area contributed by atoms with Crippen molar-refractivity contribution in [1.82, 2.24) is 0 Å². The number of nitrogens with one attached hydrogen (secondary N) is 1. The molecule has 1 aliphatic heterocycles. The van der Waals surface area contributed by atoms with Gasteiger partial charge in [-0.15, -0.1) is 11.8 Å². The van der Waals surface area contributed by atoms with E-state index in [1.165, 1.54) is 23.4 Å². The van der Waals surface area contributed by atoms with E-state index in [1.807, 2.05) is 0 Å². The van der Waals surface area contributed by atoms with Crippen LogP contribution in [0.3, 0.4) is 0 Å². The van der Waals surface area contributed by atoms with Crippen LogP contribution in [0.4, 0.5) is 5.69 Å². The summed E-state index contributed by atoms with van der Waals surface area (Å²) in [5.74, 6) is 0. The second kappa shape index (κ2) is 6.16. The molecule has 1 aliphatic rings. The zero-order valence-corrected chi connectivity index (χ0v) is 10.6. The minimum absolute atomic E-state index is 0.483. The molecule has 2 rings (SSSR count). The van der Waals surface area contributed by atoms with Gasteiger partial charge in [0.2, 0.25) is 0 Å². The van der Waals surface area contributed by atoms with E-state index in [2.05, 4.69) is 35.8 Å². The topological polar surface area (TPSA) is 21.3 Å². The second-order valence-corrected chi connectivity index (χ2v) is 4.96. The molecule has 0 amide bonds. The van der Waals surface area contributed by atoms with E-state index in [-0.39, 0.29) is 0 Å². The number of rotatable bonds is 5. The highest BCUT2D eigenvalue weighted by molar-refractivity contribution is 7.98. The monoisotopic (exact) mass is 237 g/mol. The van der Waals surface area contributed by atoms with Crippen LogP contribution in [-0.4, -0.2) is 25.5 Å². The van der Waals surface area contributed by atoms with E-state index < -0.39 is 0 Å². The van der Waals surface area contributed by atoms with Crippen molar-refractivity contribution in [2.45, 2.75) is 30.3 Å². The third-order valence-corrected chi connectivity index (χ3v) is 3.61. The van der Waals surface area contributed by atoms with Crippen LogP contribution in [0.5, 0.6) is 0 Å². The fourth-order valence-corrected chi connectivity index (χ4v) is 2.44. The van der Waals surface area contributed by atoms with E-state index in [0.29, 0.717) is 6.10 Å². The molecule has 1 aromatic carbocycles. The largest absolute Gasteiger partial charge is 0.385 e. The number of thioether (sulfide) groups is 1. The zero-order valence-electron chi connectivity index (χ0n) is 9.74. The lowest BCUT2D eigenvalue weighted by Crippen LogP contribution is -2.12. The number of hydrogen-bond donors (Lipinski definition) is 1. The average molecular weight is 237 g/mol. The number of anilines is 1. The highest BCUT2D eigenvalue weighted by atomic mass is 32.2. The van der Waals surface area contributed by atoms with Crippen LogP contribution in [0, 0.1) is 0 Å². The minimum atomic E-state index is 0.483. The highest BCUT2D eigenvalue weighted by Gasteiger charge is 2.14. The van der Waals surface area contributed by atoms with E-state index in [4.69, 9.17) is 4.74 Å². The first-order valence-corrected chi connectivity index (χ1v) is 7.10. The van der Waals surface area contributed by atoms with Crippen molar-refractivity contribution in [1.29, 1.82) is 0 Å². The van der Waals surface area contributed by atoms with Crippen LogP contribution in [0.25, 0.3) is 0 Å². The van der Waals surface area contributed by atoms with Gasteiger partial charge in [0.25, 0.3) is 0 Å². The molecular weight excluding hydrogens is 218 g/mol. The molecule has 0 spiro atoms. The number of ether oxygens (including phenoxy) is 1. The lowest BCUT2D eigenvalue weighted by atomic mass is 10.2. The molecule has 16 heavy (non-hydrogen) atoms. The van der Waals surface area contributed by atoms with Crippen LogP contribution >= 0.6 is 11.8 Å². The van der Waals surface area contributed by atoms with Crippen LogP contribution < -0.4 is 5.32 Å². The summed E-state index contributed by atoms with van der Waals surface area (Å²) in [4.78, 5) is 1.31. The predicted octanol–water partition coefficient (Wildman–Crippen LogP) is 3.39. The molecule has 3 heteroatoms. The molecule has 1 unspecified atom stereocenters. The molecule has 0 aliphatic carbocycles. The highest BCUT2D eigenvalue weighted by Crippen LogP contribution is 2.20. The minimum Gasteiger partial charge on any atom is -0.385 e. The zero-order chi connectivity index (χ0) is 11.2. The predicted molar refractivity (Wildman–Crippen MR) is 70.3 cm³/mol. The van der Waals surface area contributed by atoms with Gasteiger partial charge in [-0.05, 0) is 43.7 Å². The van der Waals surface area contributed by atoms with Crippen molar-refractivity contribution >= 4 is 17.4 Å². The normalized spacial score (nSPS) is 19.9. The lowest BCUT2D eigenvalue weighted by Gasteiger charge is -2.11. The van der Waals surface area contributed by atoms with Gasteiger partial charge in [0, 0.05) is 23.7 Å². The van der Waals surface area contributed by atoms with Crippen LogP contribution in [0.1, 0.15) is 19.3 Å². The summed E-state index contributed by atoms with van der Waals surface area (Å²) in [5.41, 5.74) is 1.21. The first-order chi connectivity index (χ1) is 7.88. The average Bonchev–Trinajstić information content (AvgIpc) is 2.82. The Labute approximate surface area is 102 Å². The first kappa shape index (κ1) is 11.8. The van der Waals surface area contributed by atoms with Crippen molar-refractivity contribution in [2.24, 2.45) is 0 Å². The molecule has 1 atom stereocenters. The van der Waals surface area contributed by atoms with Gasteiger partial charge in [-0.3, -0.25) is 0 Å². The molecule has 88 valence electrons. The van der Waals surface area contributed by atoms with Gasteiger partial charge in [-0.1, -0.05) is 6.07 Å². The lowest BCUT2D eigenvalue weighted by molar-refractivity contribution is 0.107. The van der Waals surface area contributed by atoms with E-state index in [0.717, 1.165) is 19.6 Å². The Morgan fingerprint density at radius 2 is 2.44 bits per heavy atom. The van der Waals surface area contributed by atoms with Crippen molar-refractivity contribution in [3.05, 3.63) is 24.3 Å². The quantitative estimate of drug-likeness (QED) is 0.793. The maximum atomic E-state index is 5.59. The third-order valence-electron chi connectivity index (χ3n) is 2.89. The van der Waals surface area contributed by atoms with Crippen LogP contribution in [-0.2, 0) is 4.74 Å². The summed E-state index contributed by atoms with van der Waals surface area (Å²) in [6.45, 7) is 1.95. The van der Waals surface area contributed by atoms with Crippen LogP contribution in [0.15, 0.2) is 29.2 Å². The van der Waals surface area contributed by atoms with E-state index >= 15 is 0 Å². The summed E-state index contributed by atoms with van der Waals surface area (Å²) in [7, 11) is 0. The van der Waals surface area contributed by atoms with Gasteiger partial charge in [0.15, 0.2) is 0 Å². The summed E-state index contributed by atoms with van der Waals surface area (Å²) < 4.78 is 5.59. The summed E-state index contributed by atoms with van der Waals surface area (Å²) in [6, 6.07) is 8.55. The molecule has 1 aromatic rings. The standard InChI is InChI=1S/C13H19NOS/c1-16-13-6-2-4-11(10-13)14-8-7-12-5-3-9-15-12/h2,4,6,10,12,14H,3,5,7-9H2,1H3. The molecule has 1 heterocycles. The number of benzene rings is 1. The SMILES string of the molecule is CSc1cccc(NCCC2CCCO2)c1. The Bertz CT molecular complexity index is 323. The van der Waals surface area contributed by atoms with E-state index in [9.17, 15) is 0 Å². The summed E-state index contributed by atoms with van der Waals surface area (Å²) in [5, 5.41) is 3.45. The molecule has 2 nitrogen and oxygen atoms in total. The second-order valence-electron chi connectivity index (χ2n) is 4.08. The Morgan fingerprint density at radius 3 is 3.19 bits per heavy atom. The third kappa shape index (κ3) is 3.42. The van der Waals surface area contributed by atoms with Gasteiger partial charge >= 0.3 is 0 Å². The Hall–Kier alpha value is -0.670. The van der Waals surface area contributed by atoms with Crippen molar-refractivity contribution < 1.29 is 4.74 Å². The smallest absolute Gasteiger partial charge is 0.0592 e. The fourth-order valence-electron chi connectivity index (χ4n) is 1.98. The van der Waals surface area contributed by atoms with Crippen molar-refractivity contribution in [3.8, 4) is 0 Å². The summed E-state index contributed by atoms with van der Waals surface area (Å²) >= 11 is 1.78. The van der Waals surface area contributed by atoms with Crippen LogP contribution in [0.2, 0.25) is 0 Å². The molecule has 0 radical (unpaired) electrons. The molecule has 1 fully saturated rings. The molecule has 0 aromatic heterocycles. The molecule has 1 saturated heterocycles. The van der Waals surface area contributed by atoms with Gasteiger partial charge in [-0.25, -0.2) is 0 Å².